The number of nitrogens with one attached hydrogen (secondary N) is 1. The van der Waals surface area contributed by atoms with Crippen LogP contribution < -0.4 is 15.7 Å². The molecule has 0 heterocycles. The molecule has 0 spiro atoms. The van der Waals surface area contributed by atoms with Crippen molar-refractivity contribution in [2.45, 2.75) is 37.1 Å². The number of hydrogen-bond donors (Lipinski definition) is 1. The van der Waals surface area contributed by atoms with Crippen LogP contribution in [0, 0.1) is 0 Å². The van der Waals surface area contributed by atoms with E-state index in [0.717, 1.165) is 16.2 Å². The summed E-state index contributed by atoms with van der Waals surface area (Å²) in [6.07, 6.45) is 0.711. The molecule has 194 valence electrons. The van der Waals surface area contributed by atoms with E-state index in [4.69, 9.17) is 16.6 Å². The van der Waals surface area contributed by atoms with Gasteiger partial charge in [0.15, 0.2) is 0 Å². The van der Waals surface area contributed by atoms with Gasteiger partial charge in [-0.1, -0.05) is 142 Å². The summed E-state index contributed by atoms with van der Waals surface area (Å²) in [7, 11) is -2.61. The van der Waals surface area contributed by atoms with E-state index in [1.165, 1.54) is 15.3 Å². The van der Waals surface area contributed by atoms with Crippen LogP contribution >= 0.6 is 24.0 Å². The largest absolute Gasteiger partial charge is 0.407 e. The van der Waals surface area contributed by atoms with Crippen LogP contribution in [-0.2, 0) is 4.43 Å². The van der Waals surface area contributed by atoms with Crippen molar-refractivity contribution >= 4 is 53.3 Å². The highest BCUT2D eigenvalue weighted by molar-refractivity contribution is 8.02. The number of benzene rings is 4. The second-order valence-electron chi connectivity index (χ2n) is 10.2. The zero-order chi connectivity index (χ0) is 26.8. The van der Waals surface area contributed by atoms with Gasteiger partial charge in [-0.3, -0.25) is 0 Å². The van der Waals surface area contributed by atoms with Gasteiger partial charge >= 0.3 is 0 Å². The van der Waals surface area contributed by atoms with E-state index in [9.17, 15) is 0 Å². The number of rotatable bonds is 10. The molecule has 0 unspecified atom stereocenters. The first-order valence-corrected chi connectivity index (χ1v) is 16.1. The predicted octanol–water partition coefficient (Wildman–Crippen LogP) is 8.07. The van der Waals surface area contributed by atoms with Gasteiger partial charge in [0.25, 0.3) is 8.32 Å². The molecule has 1 N–H and O–H groups in total. The molecule has 0 amide bonds. The lowest BCUT2D eigenvalue weighted by Gasteiger charge is -2.43. The summed E-state index contributed by atoms with van der Waals surface area (Å²) in [6.45, 7) is 7.50. The Balaban J connectivity index is 1.63. The van der Waals surface area contributed by atoms with E-state index in [0.29, 0.717) is 13.0 Å². The lowest BCUT2D eigenvalue weighted by Crippen LogP contribution is -2.66. The van der Waals surface area contributed by atoms with Gasteiger partial charge in [0, 0.05) is 17.2 Å². The molecular weight excluding hydrogens is 519 g/mol. The van der Waals surface area contributed by atoms with Crippen molar-refractivity contribution in [2.75, 3.05) is 11.9 Å². The minimum atomic E-state index is -2.61. The monoisotopic (exact) mass is 553 g/mol. The van der Waals surface area contributed by atoms with E-state index in [-0.39, 0.29) is 5.04 Å². The van der Waals surface area contributed by atoms with Crippen molar-refractivity contribution in [3.63, 3.8) is 0 Å². The SMILES string of the molecule is CC(C)(C)[Si](OCC/C(=C\Sc1ccccc1)C(=S)Nc1ccccc1)(c1ccccc1)c1ccccc1. The molecule has 5 heteroatoms. The quantitative estimate of drug-likeness (QED) is 0.0927. The minimum absolute atomic E-state index is 0.0683. The van der Waals surface area contributed by atoms with Gasteiger partial charge in [0.1, 0.15) is 4.99 Å². The molecule has 0 radical (unpaired) electrons. The average Bonchev–Trinajstić information content (AvgIpc) is 2.94. The Kier molecular flexibility index (Phi) is 9.75. The molecule has 4 aromatic rings. The topological polar surface area (TPSA) is 21.3 Å². The summed E-state index contributed by atoms with van der Waals surface area (Å²) in [5, 5.41) is 8.10. The normalized spacial score (nSPS) is 12.2. The van der Waals surface area contributed by atoms with Gasteiger partial charge < -0.3 is 9.74 Å². The lowest BCUT2D eigenvalue weighted by atomic mass is 10.2. The number of thioether (sulfide) groups is 1. The second kappa shape index (κ2) is 13.2. The van der Waals surface area contributed by atoms with Crippen molar-refractivity contribution in [2.24, 2.45) is 0 Å². The standard InChI is InChI=1S/C33H35NOS2Si/c1-33(2,3)38(30-20-12-6-13-21-30,31-22-14-7-15-23-31)35-25-24-27(26-37-29-18-10-5-11-19-29)32(36)34-28-16-8-4-9-17-28/h4-23,26H,24-25H2,1-3H3,(H,34,36)/b27-26+. The van der Waals surface area contributed by atoms with Crippen molar-refractivity contribution < 1.29 is 4.43 Å². The fourth-order valence-electron chi connectivity index (χ4n) is 4.67. The molecule has 0 saturated heterocycles. The Hall–Kier alpha value is -2.96. The molecule has 0 fully saturated rings. The molecule has 0 aliphatic carbocycles. The molecule has 4 aromatic carbocycles. The Bertz CT molecular complexity index is 1280. The maximum Gasteiger partial charge on any atom is 0.261 e. The first-order chi connectivity index (χ1) is 18.4. The highest BCUT2D eigenvalue weighted by Gasteiger charge is 2.50. The Morgan fingerprint density at radius 3 is 1.74 bits per heavy atom. The zero-order valence-electron chi connectivity index (χ0n) is 22.3. The predicted molar refractivity (Wildman–Crippen MR) is 171 cm³/mol. The van der Waals surface area contributed by atoms with Gasteiger partial charge in [-0.05, 0) is 57.1 Å². The van der Waals surface area contributed by atoms with Gasteiger partial charge in [-0.2, -0.15) is 0 Å². The van der Waals surface area contributed by atoms with Crippen LogP contribution in [0.2, 0.25) is 5.04 Å². The van der Waals surface area contributed by atoms with Crippen LogP contribution in [0.15, 0.2) is 137 Å². The smallest absolute Gasteiger partial charge is 0.261 e. The Labute approximate surface area is 238 Å². The lowest BCUT2D eigenvalue weighted by molar-refractivity contribution is 0.303. The van der Waals surface area contributed by atoms with Crippen molar-refractivity contribution in [1.82, 2.24) is 0 Å². The van der Waals surface area contributed by atoms with E-state index >= 15 is 0 Å². The molecule has 0 atom stereocenters. The third kappa shape index (κ3) is 6.91. The number of anilines is 1. The summed E-state index contributed by atoms with van der Waals surface area (Å²) in [6, 6.07) is 42.0. The highest BCUT2D eigenvalue weighted by atomic mass is 32.2. The fourth-order valence-corrected chi connectivity index (χ4v) is 10.4. The van der Waals surface area contributed by atoms with Crippen molar-refractivity contribution in [3.05, 3.63) is 132 Å². The zero-order valence-corrected chi connectivity index (χ0v) is 24.9. The van der Waals surface area contributed by atoms with Crippen LogP contribution in [0.5, 0.6) is 0 Å². The first kappa shape index (κ1) is 28.1. The maximum absolute atomic E-state index is 7.15. The van der Waals surface area contributed by atoms with Crippen LogP contribution in [0.3, 0.4) is 0 Å². The Morgan fingerprint density at radius 1 is 0.763 bits per heavy atom. The summed E-state index contributed by atoms with van der Waals surface area (Å²) < 4.78 is 7.15. The maximum atomic E-state index is 7.15. The molecular formula is C33H35NOS2Si. The van der Waals surface area contributed by atoms with E-state index in [2.05, 4.69) is 116 Å². The number of thiocarbonyl (C=S) groups is 1. The third-order valence-corrected chi connectivity index (χ3v) is 12.9. The molecule has 0 aromatic heterocycles. The molecule has 0 saturated carbocycles. The van der Waals surface area contributed by atoms with Crippen LogP contribution in [0.4, 0.5) is 5.69 Å². The fraction of sp³-hybridized carbons (Fsp3) is 0.182. The first-order valence-electron chi connectivity index (χ1n) is 12.9. The van der Waals surface area contributed by atoms with Crippen LogP contribution in [-0.4, -0.2) is 19.9 Å². The molecule has 0 aliphatic rings. The number of hydrogen-bond acceptors (Lipinski definition) is 3. The molecule has 2 nitrogen and oxygen atoms in total. The minimum Gasteiger partial charge on any atom is -0.407 e. The van der Waals surface area contributed by atoms with Gasteiger partial charge in [0.05, 0.1) is 0 Å². The molecule has 38 heavy (non-hydrogen) atoms. The van der Waals surface area contributed by atoms with E-state index in [1.807, 2.05) is 36.4 Å². The van der Waals surface area contributed by atoms with Gasteiger partial charge in [-0.15, -0.1) is 0 Å². The van der Waals surface area contributed by atoms with Crippen molar-refractivity contribution in [1.29, 1.82) is 0 Å². The van der Waals surface area contributed by atoms with Crippen LogP contribution in [0.25, 0.3) is 0 Å². The highest BCUT2D eigenvalue weighted by Crippen LogP contribution is 2.37. The molecule has 0 bridgehead atoms. The summed E-state index contributed by atoms with van der Waals surface area (Å²) in [5.74, 6) is 0. The summed E-state index contributed by atoms with van der Waals surface area (Å²) in [4.78, 5) is 1.91. The van der Waals surface area contributed by atoms with E-state index in [1.54, 1.807) is 11.8 Å². The Morgan fingerprint density at radius 2 is 1.24 bits per heavy atom. The van der Waals surface area contributed by atoms with Crippen LogP contribution in [0.1, 0.15) is 27.2 Å². The summed E-state index contributed by atoms with van der Waals surface area (Å²) in [5.41, 5.74) is 2.05. The molecule has 0 aliphatic heterocycles. The third-order valence-electron chi connectivity index (χ3n) is 6.51. The van der Waals surface area contributed by atoms with Gasteiger partial charge in [0.2, 0.25) is 0 Å². The molecule has 4 rings (SSSR count). The van der Waals surface area contributed by atoms with Crippen molar-refractivity contribution in [3.8, 4) is 0 Å². The van der Waals surface area contributed by atoms with E-state index < -0.39 is 8.32 Å². The van der Waals surface area contributed by atoms with Gasteiger partial charge in [-0.25, -0.2) is 0 Å². The summed E-state index contributed by atoms with van der Waals surface area (Å²) >= 11 is 7.59. The number of para-hydroxylation sites is 1. The average molecular weight is 554 g/mol. The second-order valence-corrected chi connectivity index (χ2v) is 15.8.